The van der Waals surface area contributed by atoms with Crippen LogP contribution in [0.2, 0.25) is 0 Å². The minimum atomic E-state index is -0.651. The molecule has 0 fully saturated rings. The van der Waals surface area contributed by atoms with E-state index in [0.717, 1.165) is 0 Å². The van der Waals surface area contributed by atoms with Crippen LogP contribution in [0.15, 0.2) is 0 Å². The lowest BCUT2D eigenvalue weighted by Crippen LogP contribution is -2.29. The molecule has 0 N–H and O–H groups in total. The maximum Gasteiger partial charge on any atom is 0.508 e. The SMILES string of the molecule is CCOC(=O)OC(C)CC(C)SC(=O)N(CC)CC. The van der Waals surface area contributed by atoms with E-state index in [9.17, 15) is 9.59 Å². The molecule has 6 heteroatoms. The standard InChI is InChI=1S/C13H25NO4S/c1-6-14(7-2)12(15)19-11(5)9-10(4)18-13(16)17-8-3/h10-11H,6-9H2,1-5H3. The number of carbonyl (C=O) groups excluding carboxylic acids is 2. The highest BCUT2D eigenvalue weighted by atomic mass is 32.2. The zero-order chi connectivity index (χ0) is 14.8. The summed E-state index contributed by atoms with van der Waals surface area (Å²) in [6.07, 6.45) is -0.287. The van der Waals surface area contributed by atoms with Gasteiger partial charge in [0, 0.05) is 18.3 Å². The fraction of sp³-hybridized carbons (Fsp3) is 0.846. The largest absolute Gasteiger partial charge is 0.508 e. The van der Waals surface area contributed by atoms with Crippen LogP contribution in [0.1, 0.15) is 41.0 Å². The summed E-state index contributed by atoms with van der Waals surface area (Å²) in [4.78, 5) is 24.8. The van der Waals surface area contributed by atoms with Crippen LogP contribution in [0.5, 0.6) is 0 Å². The molecular weight excluding hydrogens is 266 g/mol. The molecule has 0 heterocycles. The van der Waals surface area contributed by atoms with Crippen LogP contribution in [-0.4, -0.2) is 47.3 Å². The third-order valence-electron chi connectivity index (χ3n) is 2.55. The van der Waals surface area contributed by atoms with Crippen LogP contribution < -0.4 is 0 Å². The van der Waals surface area contributed by atoms with E-state index in [0.29, 0.717) is 26.1 Å². The highest BCUT2D eigenvalue weighted by Crippen LogP contribution is 2.20. The van der Waals surface area contributed by atoms with Gasteiger partial charge in [0.25, 0.3) is 5.24 Å². The van der Waals surface area contributed by atoms with Gasteiger partial charge in [-0.15, -0.1) is 0 Å². The Morgan fingerprint density at radius 2 is 1.74 bits per heavy atom. The topological polar surface area (TPSA) is 55.8 Å². The Kier molecular flexibility index (Phi) is 9.47. The van der Waals surface area contributed by atoms with E-state index in [1.807, 2.05) is 20.8 Å². The van der Waals surface area contributed by atoms with Gasteiger partial charge in [-0.3, -0.25) is 4.79 Å². The summed E-state index contributed by atoms with van der Waals surface area (Å²) in [6.45, 7) is 11.1. The zero-order valence-corrected chi connectivity index (χ0v) is 13.3. The average Bonchev–Trinajstić information content (AvgIpc) is 2.29. The van der Waals surface area contributed by atoms with Crippen molar-refractivity contribution in [3.63, 3.8) is 0 Å². The number of amides is 1. The summed E-state index contributed by atoms with van der Waals surface area (Å²) in [7, 11) is 0. The molecule has 0 bridgehead atoms. The molecule has 0 aliphatic rings. The molecule has 0 saturated carbocycles. The predicted molar refractivity (Wildman–Crippen MR) is 77.6 cm³/mol. The normalized spacial score (nSPS) is 13.5. The lowest BCUT2D eigenvalue weighted by atomic mass is 10.2. The van der Waals surface area contributed by atoms with Gasteiger partial charge in [0.15, 0.2) is 0 Å². The first-order valence-corrected chi connectivity index (χ1v) is 7.61. The maximum atomic E-state index is 11.9. The highest BCUT2D eigenvalue weighted by molar-refractivity contribution is 8.14. The number of carbonyl (C=O) groups is 2. The third-order valence-corrected chi connectivity index (χ3v) is 3.60. The van der Waals surface area contributed by atoms with Gasteiger partial charge in [-0.05, 0) is 34.1 Å². The Balaban J connectivity index is 4.05. The number of hydrogen-bond acceptors (Lipinski definition) is 5. The Hall–Kier alpha value is -0.910. The molecule has 0 spiro atoms. The smallest absolute Gasteiger partial charge is 0.435 e. The molecule has 5 nitrogen and oxygen atoms in total. The molecule has 0 aromatic carbocycles. The maximum absolute atomic E-state index is 11.9. The van der Waals surface area contributed by atoms with E-state index in [1.54, 1.807) is 18.7 Å². The second-order valence-corrected chi connectivity index (χ2v) is 5.60. The number of hydrogen-bond donors (Lipinski definition) is 0. The Labute approximate surface area is 120 Å². The predicted octanol–water partition coefficient (Wildman–Crippen LogP) is 3.52. The second kappa shape index (κ2) is 9.95. The molecular formula is C13H25NO4S. The van der Waals surface area contributed by atoms with Crippen molar-refractivity contribution in [2.24, 2.45) is 0 Å². The summed E-state index contributed by atoms with van der Waals surface area (Å²) >= 11 is 1.28. The van der Waals surface area contributed by atoms with Gasteiger partial charge in [0.05, 0.1) is 6.61 Å². The molecule has 0 aromatic heterocycles. The average molecular weight is 291 g/mol. The van der Waals surface area contributed by atoms with Crippen molar-refractivity contribution in [2.45, 2.75) is 52.4 Å². The summed E-state index contributed by atoms with van der Waals surface area (Å²) in [5, 5.41) is 0.165. The molecule has 2 atom stereocenters. The molecule has 2 unspecified atom stereocenters. The quantitative estimate of drug-likeness (QED) is 0.672. The molecule has 1 amide bonds. The molecule has 0 saturated heterocycles. The minimum absolute atomic E-state index is 0.0702. The molecule has 0 aliphatic carbocycles. The van der Waals surface area contributed by atoms with Gasteiger partial charge < -0.3 is 14.4 Å². The van der Waals surface area contributed by atoms with Gasteiger partial charge in [0.2, 0.25) is 0 Å². The lowest BCUT2D eigenvalue weighted by molar-refractivity contribution is 0.0300. The van der Waals surface area contributed by atoms with E-state index < -0.39 is 6.16 Å². The zero-order valence-electron chi connectivity index (χ0n) is 12.5. The van der Waals surface area contributed by atoms with Gasteiger partial charge in [-0.25, -0.2) is 4.79 Å². The molecule has 0 rings (SSSR count). The number of ether oxygens (including phenoxy) is 2. The van der Waals surface area contributed by atoms with Crippen molar-refractivity contribution in [3.05, 3.63) is 0 Å². The van der Waals surface area contributed by atoms with Gasteiger partial charge >= 0.3 is 6.16 Å². The van der Waals surface area contributed by atoms with Crippen molar-refractivity contribution in [1.29, 1.82) is 0 Å². The van der Waals surface area contributed by atoms with Crippen molar-refractivity contribution in [2.75, 3.05) is 19.7 Å². The van der Waals surface area contributed by atoms with E-state index in [1.165, 1.54) is 11.8 Å². The summed E-state index contributed by atoms with van der Waals surface area (Å²) in [5.41, 5.74) is 0. The first kappa shape index (κ1) is 18.1. The van der Waals surface area contributed by atoms with Crippen LogP contribution in [0, 0.1) is 0 Å². The molecule has 0 radical (unpaired) electrons. The summed E-state index contributed by atoms with van der Waals surface area (Å²) in [5.74, 6) is 0. The summed E-state index contributed by atoms with van der Waals surface area (Å²) in [6, 6.07) is 0. The van der Waals surface area contributed by atoms with E-state index in [-0.39, 0.29) is 16.6 Å². The van der Waals surface area contributed by atoms with Crippen LogP contribution in [0.4, 0.5) is 9.59 Å². The van der Waals surface area contributed by atoms with Crippen molar-refractivity contribution in [1.82, 2.24) is 4.90 Å². The number of thioether (sulfide) groups is 1. The van der Waals surface area contributed by atoms with Gasteiger partial charge in [0.1, 0.15) is 6.10 Å². The van der Waals surface area contributed by atoms with Crippen molar-refractivity contribution < 1.29 is 19.1 Å². The van der Waals surface area contributed by atoms with Crippen LogP contribution in [0.25, 0.3) is 0 Å². The lowest BCUT2D eigenvalue weighted by Gasteiger charge is -2.21. The van der Waals surface area contributed by atoms with Gasteiger partial charge in [-0.2, -0.15) is 0 Å². The third kappa shape index (κ3) is 7.97. The van der Waals surface area contributed by atoms with Crippen molar-refractivity contribution >= 4 is 23.2 Å². The number of nitrogens with zero attached hydrogens (tertiary/aromatic N) is 1. The fourth-order valence-electron chi connectivity index (χ4n) is 1.61. The van der Waals surface area contributed by atoms with E-state index in [4.69, 9.17) is 9.47 Å². The molecule has 0 aromatic rings. The molecule has 0 aliphatic heterocycles. The Bertz CT molecular complexity index is 282. The van der Waals surface area contributed by atoms with Crippen molar-refractivity contribution in [3.8, 4) is 0 Å². The summed E-state index contributed by atoms with van der Waals surface area (Å²) < 4.78 is 9.76. The van der Waals surface area contributed by atoms with Gasteiger partial charge in [-0.1, -0.05) is 18.7 Å². The first-order chi connectivity index (χ1) is 8.94. The second-order valence-electron chi connectivity index (χ2n) is 4.21. The van der Waals surface area contributed by atoms with Crippen LogP contribution in [-0.2, 0) is 9.47 Å². The Morgan fingerprint density at radius 1 is 1.16 bits per heavy atom. The van der Waals surface area contributed by atoms with Crippen LogP contribution >= 0.6 is 11.8 Å². The fourth-order valence-corrected chi connectivity index (χ4v) is 2.73. The minimum Gasteiger partial charge on any atom is -0.435 e. The number of rotatable bonds is 7. The van der Waals surface area contributed by atoms with E-state index in [2.05, 4.69) is 0 Å². The Morgan fingerprint density at radius 3 is 2.21 bits per heavy atom. The van der Waals surface area contributed by atoms with E-state index >= 15 is 0 Å². The monoisotopic (exact) mass is 291 g/mol. The molecule has 19 heavy (non-hydrogen) atoms. The first-order valence-electron chi connectivity index (χ1n) is 6.73. The highest BCUT2D eigenvalue weighted by Gasteiger charge is 2.19. The molecule has 112 valence electrons. The van der Waals surface area contributed by atoms with Crippen LogP contribution in [0.3, 0.4) is 0 Å².